The van der Waals surface area contributed by atoms with Crippen LogP contribution in [0.1, 0.15) is 23.9 Å². The van der Waals surface area contributed by atoms with Crippen LogP contribution in [0.25, 0.3) is 0 Å². The number of nitrogens with zero attached hydrogens (tertiary/aromatic N) is 2. The number of anilines is 1. The Labute approximate surface area is 155 Å². The van der Waals surface area contributed by atoms with Gasteiger partial charge in [0.2, 0.25) is 0 Å². The summed E-state index contributed by atoms with van der Waals surface area (Å²) in [4.78, 5) is 32.4. The van der Waals surface area contributed by atoms with Crippen LogP contribution >= 0.6 is 11.8 Å². The number of hydrogen-bond acceptors (Lipinski definition) is 6. The average Bonchev–Trinajstić information content (AvgIpc) is 2.55. The van der Waals surface area contributed by atoms with Gasteiger partial charge in [0.05, 0.1) is 5.75 Å². The van der Waals surface area contributed by atoms with E-state index in [-0.39, 0.29) is 5.75 Å². The molecule has 1 N–H and O–H groups in total. The first-order chi connectivity index (χ1) is 12.2. The van der Waals surface area contributed by atoms with Crippen molar-refractivity contribution in [2.24, 2.45) is 0 Å². The lowest BCUT2D eigenvalue weighted by atomic mass is 10.2. The Kier molecular flexibility index (Phi) is 6.68. The number of amides is 1. The Morgan fingerprint density at radius 3 is 2.46 bits per heavy atom. The normalized spacial score (nSPS) is 11.7. The standard InChI is InChI=1S/C18H20FN3O3S/c1-10-5-6-14(8-15(10)19)22-17(24)13(4)25-16(23)9-26-18-20-11(2)7-12(3)21-18/h5-8,13H,9H2,1-4H3,(H,22,24)/t13-/m1/s1. The molecule has 1 amide bonds. The lowest BCUT2D eigenvalue weighted by molar-refractivity contribution is -0.150. The van der Waals surface area contributed by atoms with Crippen molar-refractivity contribution in [2.45, 2.75) is 39.0 Å². The van der Waals surface area contributed by atoms with Gasteiger partial charge >= 0.3 is 5.97 Å². The van der Waals surface area contributed by atoms with Crippen molar-refractivity contribution in [3.05, 3.63) is 47.0 Å². The SMILES string of the molecule is Cc1cc(C)nc(SCC(=O)O[C@H](C)C(=O)Nc2ccc(C)c(F)c2)n1. The second kappa shape index (κ2) is 8.75. The zero-order valence-electron chi connectivity index (χ0n) is 15.0. The summed E-state index contributed by atoms with van der Waals surface area (Å²) in [6.07, 6.45) is -1.01. The number of benzene rings is 1. The van der Waals surface area contributed by atoms with Crippen LogP contribution in [0, 0.1) is 26.6 Å². The molecule has 2 aromatic rings. The van der Waals surface area contributed by atoms with Crippen molar-refractivity contribution in [3.63, 3.8) is 0 Å². The van der Waals surface area contributed by atoms with Gasteiger partial charge in [-0.25, -0.2) is 14.4 Å². The number of halogens is 1. The number of aromatic nitrogens is 2. The minimum Gasteiger partial charge on any atom is -0.452 e. The van der Waals surface area contributed by atoms with Crippen LogP contribution in [0.4, 0.5) is 10.1 Å². The van der Waals surface area contributed by atoms with Crippen molar-refractivity contribution in [2.75, 3.05) is 11.1 Å². The van der Waals surface area contributed by atoms with Gasteiger partial charge in [0, 0.05) is 17.1 Å². The third-order valence-electron chi connectivity index (χ3n) is 3.40. The first-order valence-electron chi connectivity index (χ1n) is 7.96. The van der Waals surface area contributed by atoms with Crippen LogP contribution in [0.15, 0.2) is 29.4 Å². The fourth-order valence-electron chi connectivity index (χ4n) is 2.08. The van der Waals surface area contributed by atoms with E-state index in [1.807, 2.05) is 19.9 Å². The van der Waals surface area contributed by atoms with Gasteiger partial charge in [0.1, 0.15) is 5.82 Å². The van der Waals surface area contributed by atoms with Gasteiger partial charge in [-0.3, -0.25) is 9.59 Å². The number of carbonyl (C=O) groups excluding carboxylic acids is 2. The number of esters is 1. The van der Waals surface area contributed by atoms with Gasteiger partial charge in [0.25, 0.3) is 5.91 Å². The Balaban J connectivity index is 1.85. The number of ether oxygens (including phenoxy) is 1. The molecular weight excluding hydrogens is 357 g/mol. The van der Waals surface area contributed by atoms with E-state index in [9.17, 15) is 14.0 Å². The Bertz CT molecular complexity index is 809. The second-order valence-electron chi connectivity index (χ2n) is 5.81. The van der Waals surface area contributed by atoms with E-state index >= 15 is 0 Å². The second-order valence-corrected chi connectivity index (χ2v) is 6.75. The lowest BCUT2D eigenvalue weighted by Crippen LogP contribution is -2.30. The largest absolute Gasteiger partial charge is 0.452 e. The van der Waals surface area contributed by atoms with Gasteiger partial charge in [-0.15, -0.1) is 0 Å². The third kappa shape index (κ3) is 5.80. The first kappa shape index (κ1) is 19.8. The van der Waals surface area contributed by atoms with Crippen LogP contribution in [0.5, 0.6) is 0 Å². The summed E-state index contributed by atoms with van der Waals surface area (Å²) in [7, 11) is 0. The van der Waals surface area contributed by atoms with Crippen LogP contribution in [0.3, 0.4) is 0 Å². The molecule has 1 aromatic carbocycles. The summed E-state index contributed by atoms with van der Waals surface area (Å²) in [5.41, 5.74) is 2.41. The predicted molar refractivity (Wildman–Crippen MR) is 97.6 cm³/mol. The number of nitrogens with one attached hydrogen (secondary N) is 1. The maximum Gasteiger partial charge on any atom is 0.317 e. The highest BCUT2D eigenvalue weighted by Crippen LogP contribution is 2.16. The number of aryl methyl sites for hydroxylation is 3. The van der Waals surface area contributed by atoms with Crippen LogP contribution in [-0.4, -0.2) is 33.7 Å². The smallest absolute Gasteiger partial charge is 0.317 e. The summed E-state index contributed by atoms with van der Waals surface area (Å²) in [6.45, 7) is 6.77. The number of rotatable bonds is 6. The Hall–Kier alpha value is -2.48. The van der Waals surface area contributed by atoms with Gasteiger partial charge < -0.3 is 10.1 Å². The Morgan fingerprint density at radius 1 is 1.19 bits per heavy atom. The molecule has 1 aromatic heterocycles. The average molecular weight is 377 g/mol. The van der Waals surface area contributed by atoms with E-state index < -0.39 is 23.8 Å². The highest BCUT2D eigenvalue weighted by Gasteiger charge is 2.19. The van der Waals surface area contributed by atoms with Gasteiger partial charge in [-0.2, -0.15) is 0 Å². The molecule has 0 saturated heterocycles. The van der Waals surface area contributed by atoms with Crippen LogP contribution < -0.4 is 5.32 Å². The monoisotopic (exact) mass is 377 g/mol. The van der Waals surface area contributed by atoms with E-state index in [1.54, 1.807) is 19.1 Å². The minimum absolute atomic E-state index is 0.0142. The highest BCUT2D eigenvalue weighted by molar-refractivity contribution is 7.99. The topological polar surface area (TPSA) is 81.2 Å². The molecule has 0 saturated carbocycles. The molecule has 0 fully saturated rings. The fourth-order valence-corrected chi connectivity index (χ4v) is 2.81. The number of hydrogen-bond donors (Lipinski definition) is 1. The van der Waals surface area contributed by atoms with E-state index in [0.29, 0.717) is 16.4 Å². The molecule has 0 aliphatic rings. The molecule has 0 unspecified atom stereocenters. The van der Waals surface area contributed by atoms with Crippen LogP contribution in [0.2, 0.25) is 0 Å². The predicted octanol–water partition coefficient (Wildman–Crippen LogP) is 3.20. The van der Waals surface area contributed by atoms with Gasteiger partial charge in [0.15, 0.2) is 11.3 Å². The van der Waals surface area contributed by atoms with Crippen molar-refractivity contribution in [1.82, 2.24) is 9.97 Å². The quantitative estimate of drug-likeness (QED) is 0.473. The molecule has 0 bridgehead atoms. The number of thioether (sulfide) groups is 1. The first-order valence-corrected chi connectivity index (χ1v) is 8.94. The summed E-state index contributed by atoms with van der Waals surface area (Å²) >= 11 is 1.14. The number of carbonyl (C=O) groups is 2. The Morgan fingerprint density at radius 2 is 1.85 bits per heavy atom. The van der Waals surface area contributed by atoms with Crippen molar-refractivity contribution in [1.29, 1.82) is 0 Å². The molecule has 138 valence electrons. The molecule has 6 nitrogen and oxygen atoms in total. The summed E-state index contributed by atoms with van der Waals surface area (Å²) in [5.74, 6) is -1.53. The molecule has 1 heterocycles. The van der Waals surface area contributed by atoms with Gasteiger partial charge in [-0.1, -0.05) is 17.8 Å². The zero-order chi connectivity index (χ0) is 19.3. The van der Waals surface area contributed by atoms with E-state index in [4.69, 9.17) is 4.74 Å². The molecule has 26 heavy (non-hydrogen) atoms. The molecular formula is C18H20FN3O3S. The highest BCUT2D eigenvalue weighted by atomic mass is 32.2. The maximum absolute atomic E-state index is 13.5. The summed E-state index contributed by atoms with van der Waals surface area (Å²) in [5, 5.41) is 2.99. The molecule has 0 spiro atoms. The maximum atomic E-state index is 13.5. The summed E-state index contributed by atoms with van der Waals surface area (Å²) in [6, 6.07) is 6.19. The fraction of sp³-hybridized carbons (Fsp3) is 0.333. The molecule has 8 heteroatoms. The molecule has 1 atom stereocenters. The molecule has 2 rings (SSSR count). The third-order valence-corrected chi connectivity index (χ3v) is 4.22. The molecule has 0 radical (unpaired) electrons. The van der Waals surface area contributed by atoms with E-state index in [2.05, 4.69) is 15.3 Å². The van der Waals surface area contributed by atoms with Crippen molar-refractivity contribution in [3.8, 4) is 0 Å². The van der Waals surface area contributed by atoms with Crippen molar-refractivity contribution < 1.29 is 18.7 Å². The lowest BCUT2D eigenvalue weighted by Gasteiger charge is -2.13. The molecule has 0 aliphatic carbocycles. The zero-order valence-corrected chi connectivity index (χ0v) is 15.8. The van der Waals surface area contributed by atoms with Crippen LogP contribution in [-0.2, 0) is 14.3 Å². The molecule has 0 aliphatic heterocycles. The van der Waals surface area contributed by atoms with Crippen molar-refractivity contribution >= 4 is 29.3 Å². The minimum atomic E-state index is -1.01. The van der Waals surface area contributed by atoms with E-state index in [1.165, 1.54) is 13.0 Å². The van der Waals surface area contributed by atoms with Gasteiger partial charge in [-0.05, 0) is 51.5 Å². The van der Waals surface area contributed by atoms with E-state index in [0.717, 1.165) is 23.1 Å². The summed E-state index contributed by atoms with van der Waals surface area (Å²) < 4.78 is 18.6.